The van der Waals surface area contributed by atoms with Crippen LogP contribution in [-0.2, 0) is 0 Å². The van der Waals surface area contributed by atoms with E-state index in [0.29, 0.717) is 6.42 Å². The van der Waals surface area contributed by atoms with E-state index in [1.165, 1.54) is 0 Å². The summed E-state index contributed by atoms with van der Waals surface area (Å²) in [7, 11) is 0. The van der Waals surface area contributed by atoms with Gasteiger partial charge in [-0.2, -0.15) is 48.3 Å². The summed E-state index contributed by atoms with van der Waals surface area (Å²) in [6, 6.07) is 0. The first-order valence-corrected chi connectivity index (χ1v) is 8.98. The van der Waals surface area contributed by atoms with Gasteiger partial charge in [-0.05, 0) is 39.0 Å². The van der Waals surface area contributed by atoms with Gasteiger partial charge in [0.05, 0.1) is 0 Å². The third-order valence-electron chi connectivity index (χ3n) is 3.67. The fraction of sp³-hybridized carbons (Fsp3) is 0.867. The van der Waals surface area contributed by atoms with Crippen LogP contribution < -0.4 is 0 Å². The molecule has 0 aromatic carbocycles. The molecule has 0 atom stereocenters. The van der Waals surface area contributed by atoms with E-state index in [9.17, 15) is 48.3 Å². The molecule has 0 saturated heterocycles. The first-order valence-electron chi connectivity index (χ1n) is 7.91. The molecule has 12 heteroatoms. The molecule has 27 heavy (non-hydrogen) atoms. The predicted octanol–water partition coefficient (Wildman–Crippen LogP) is 8.16. The maximum Gasteiger partial charge on any atom is 0.460 e. The first kappa shape index (κ1) is 26.7. The van der Waals surface area contributed by atoms with Crippen molar-refractivity contribution >= 4 is 22.6 Å². The Balaban J connectivity index is 5.30. The van der Waals surface area contributed by atoms with E-state index in [-0.39, 0.29) is 12.8 Å². The summed E-state index contributed by atoms with van der Waals surface area (Å²) in [4.78, 5) is 0. The topological polar surface area (TPSA) is 0 Å². The van der Waals surface area contributed by atoms with Gasteiger partial charge in [0.15, 0.2) is 0 Å². The summed E-state index contributed by atoms with van der Waals surface area (Å²) >= 11 is 1.13. The van der Waals surface area contributed by atoms with Gasteiger partial charge in [-0.3, -0.25) is 0 Å². The molecule has 0 rings (SSSR count). The predicted molar refractivity (Wildman–Crippen MR) is 85.9 cm³/mol. The van der Waals surface area contributed by atoms with E-state index in [1.807, 2.05) is 6.92 Å². The molecule has 0 saturated carbocycles. The molecule has 0 heterocycles. The highest BCUT2D eigenvalue weighted by Crippen LogP contribution is 2.57. The molecule has 0 nitrogen and oxygen atoms in total. The summed E-state index contributed by atoms with van der Waals surface area (Å²) in [5, 5.41) is 0. The minimum atomic E-state index is -7.35. The van der Waals surface area contributed by atoms with Crippen molar-refractivity contribution in [2.45, 2.75) is 81.7 Å². The molecule has 0 spiro atoms. The third kappa shape index (κ3) is 6.09. The van der Waals surface area contributed by atoms with Crippen molar-refractivity contribution in [3.05, 3.63) is 9.66 Å². The van der Waals surface area contributed by atoms with E-state index in [4.69, 9.17) is 0 Å². The Labute approximate surface area is 162 Å². The largest absolute Gasteiger partial charge is 0.460 e. The van der Waals surface area contributed by atoms with E-state index in [0.717, 1.165) is 48.3 Å². The lowest BCUT2D eigenvalue weighted by Crippen LogP contribution is -2.66. The molecule has 0 aliphatic carbocycles. The molecular weight excluding hydrogens is 516 g/mol. The Hall–Kier alpha value is -0.300. The molecule has 0 fully saturated rings. The molecule has 0 N–H and O–H groups in total. The minimum Gasteiger partial charge on any atom is -0.195 e. The summed E-state index contributed by atoms with van der Waals surface area (Å²) in [5.41, 5.74) is 0. The van der Waals surface area contributed by atoms with Gasteiger partial charge in [-0.25, -0.2) is 0 Å². The number of rotatable bonds is 11. The van der Waals surface area contributed by atoms with Crippen LogP contribution in [-0.4, -0.2) is 29.9 Å². The van der Waals surface area contributed by atoms with Gasteiger partial charge in [0.25, 0.3) is 0 Å². The van der Waals surface area contributed by atoms with Crippen molar-refractivity contribution in [1.82, 2.24) is 0 Å². The zero-order valence-electron chi connectivity index (χ0n) is 14.1. The molecule has 0 aliphatic heterocycles. The Morgan fingerprint density at radius 1 is 0.667 bits per heavy atom. The normalized spacial score (nSPS) is 15.4. The van der Waals surface area contributed by atoms with E-state index >= 15 is 0 Å². The smallest absolute Gasteiger partial charge is 0.195 e. The highest BCUT2D eigenvalue weighted by Gasteiger charge is 2.86. The molecular formula is C15H18F11I. The summed E-state index contributed by atoms with van der Waals surface area (Å²) < 4.78 is 141. The van der Waals surface area contributed by atoms with Crippen LogP contribution in [0.5, 0.6) is 0 Å². The zero-order chi connectivity index (χ0) is 21.7. The van der Waals surface area contributed by atoms with E-state index < -0.39 is 39.5 Å². The van der Waals surface area contributed by atoms with Crippen molar-refractivity contribution in [3.63, 3.8) is 0 Å². The number of allylic oxidation sites excluding steroid dienone is 2. The monoisotopic (exact) mass is 534 g/mol. The minimum absolute atomic E-state index is 0.223. The lowest BCUT2D eigenvalue weighted by atomic mass is 9.97. The Bertz CT molecular complexity index is 494. The number of hydrogen-bond donors (Lipinski definition) is 0. The molecule has 0 aliphatic rings. The molecule has 0 amide bonds. The SMILES string of the molecule is CCCCCCCCC(I)=CC(F)(F)C(F)(F)C(F)(F)C(F)(F)C(F)(F)F. The van der Waals surface area contributed by atoms with Gasteiger partial charge in [0.1, 0.15) is 0 Å². The molecule has 0 aromatic heterocycles. The number of alkyl halides is 11. The van der Waals surface area contributed by atoms with Gasteiger partial charge in [0, 0.05) is 6.08 Å². The summed E-state index contributed by atoms with van der Waals surface area (Å²) in [6.45, 7) is 1.95. The van der Waals surface area contributed by atoms with Crippen LogP contribution in [0.2, 0.25) is 0 Å². The van der Waals surface area contributed by atoms with Crippen LogP contribution in [0.1, 0.15) is 51.9 Å². The van der Waals surface area contributed by atoms with Crippen LogP contribution in [0.3, 0.4) is 0 Å². The number of halogens is 12. The van der Waals surface area contributed by atoms with Crippen LogP contribution in [0.15, 0.2) is 9.66 Å². The van der Waals surface area contributed by atoms with Gasteiger partial charge >= 0.3 is 29.9 Å². The number of unbranched alkanes of at least 4 members (excludes halogenated alkanes) is 5. The second-order valence-corrected chi connectivity index (χ2v) is 7.34. The molecule has 162 valence electrons. The maximum atomic E-state index is 13.5. The van der Waals surface area contributed by atoms with Crippen molar-refractivity contribution < 1.29 is 48.3 Å². The standard InChI is InChI=1S/C15H18F11I/c1-2-3-4-5-6-7-8-10(27)9-11(16,17)12(18,19)13(20,21)14(22,23)15(24,25)26/h9H,2-8H2,1H3. The third-order valence-corrected chi connectivity index (χ3v) is 4.52. The van der Waals surface area contributed by atoms with Crippen LogP contribution in [0.4, 0.5) is 48.3 Å². The van der Waals surface area contributed by atoms with Crippen molar-refractivity contribution in [3.8, 4) is 0 Å². The average Bonchev–Trinajstić information content (AvgIpc) is 2.48. The van der Waals surface area contributed by atoms with Gasteiger partial charge in [-0.1, -0.05) is 39.0 Å². The Kier molecular flexibility index (Phi) is 9.36. The molecule has 0 radical (unpaired) electrons. The maximum absolute atomic E-state index is 13.5. The van der Waals surface area contributed by atoms with Crippen LogP contribution >= 0.6 is 22.6 Å². The Morgan fingerprint density at radius 3 is 1.56 bits per heavy atom. The summed E-state index contributed by atoms with van der Waals surface area (Å²) in [6.07, 6.45) is -3.82. The van der Waals surface area contributed by atoms with Crippen molar-refractivity contribution in [1.29, 1.82) is 0 Å². The second-order valence-electron chi connectivity index (χ2n) is 5.95. The van der Waals surface area contributed by atoms with Crippen LogP contribution in [0, 0.1) is 0 Å². The van der Waals surface area contributed by atoms with Gasteiger partial charge in [0.2, 0.25) is 0 Å². The van der Waals surface area contributed by atoms with Gasteiger partial charge in [-0.15, -0.1) is 0 Å². The van der Waals surface area contributed by atoms with Crippen molar-refractivity contribution in [2.24, 2.45) is 0 Å². The molecule has 0 aromatic rings. The second kappa shape index (κ2) is 9.47. The highest BCUT2D eigenvalue weighted by atomic mass is 127. The average molecular weight is 534 g/mol. The highest BCUT2D eigenvalue weighted by molar-refractivity contribution is 14.1. The fourth-order valence-electron chi connectivity index (χ4n) is 2.02. The van der Waals surface area contributed by atoms with E-state index in [2.05, 4.69) is 0 Å². The first-order chi connectivity index (χ1) is 12.0. The van der Waals surface area contributed by atoms with Crippen molar-refractivity contribution in [2.75, 3.05) is 0 Å². The van der Waals surface area contributed by atoms with Gasteiger partial charge < -0.3 is 0 Å². The fourth-order valence-corrected chi connectivity index (χ4v) is 2.79. The zero-order valence-corrected chi connectivity index (χ0v) is 16.2. The van der Waals surface area contributed by atoms with E-state index in [1.54, 1.807) is 0 Å². The van der Waals surface area contributed by atoms with Crippen LogP contribution in [0.25, 0.3) is 0 Å². The number of hydrogen-bond acceptors (Lipinski definition) is 0. The lowest BCUT2D eigenvalue weighted by Gasteiger charge is -2.36. The molecule has 0 bridgehead atoms. The Morgan fingerprint density at radius 2 is 1.11 bits per heavy atom. The lowest BCUT2D eigenvalue weighted by molar-refractivity contribution is -0.416. The summed E-state index contributed by atoms with van der Waals surface area (Å²) in [5.74, 6) is -27.6. The quantitative estimate of drug-likeness (QED) is 0.143. The molecule has 0 unspecified atom stereocenters.